The largest absolute Gasteiger partial charge is 0.489 e. The standard InChI is InChI=1S/C16H12FNO3/c17-11-1-3-12(4-2-11)21-9-10-7-14-13(16(19)20)5-6-18-15(14)8-10/h1-6,8H,7,9H2,(H,19,20). The zero-order chi connectivity index (χ0) is 14.8. The van der Waals surface area contributed by atoms with Crippen LogP contribution in [0.3, 0.4) is 0 Å². The molecule has 0 unspecified atom stereocenters. The summed E-state index contributed by atoms with van der Waals surface area (Å²) in [5.41, 5.74) is 2.60. The molecule has 1 aliphatic carbocycles. The van der Waals surface area contributed by atoms with Gasteiger partial charge in [-0.25, -0.2) is 9.18 Å². The summed E-state index contributed by atoms with van der Waals surface area (Å²) in [5, 5.41) is 9.15. The molecule has 106 valence electrons. The zero-order valence-corrected chi connectivity index (χ0v) is 11.0. The Kier molecular flexibility index (Phi) is 3.39. The first kappa shape index (κ1) is 13.3. The molecule has 1 heterocycles. The summed E-state index contributed by atoms with van der Waals surface area (Å²) in [6.45, 7) is 0.320. The molecule has 1 aliphatic rings. The maximum Gasteiger partial charge on any atom is 0.336 e. The van der Waals surface area contributed by atoms with E-state index < -0.39 is 5.97 Å². The van der Waals surface area contributed by atoms with E-state index in [9.17, 15) is 9.18 Å². The van der Waals surface area contributed by atoms with E-state index in [1.54, 1.807) is 12.1 Å². The Morgan fingerprint density at radius 3 is 2.76 bits per heavy atom. The van der Waals surface area contributed by atoms with Crippen LogP contribution in [-0.4, -0.2) is 22.7 Å². The van der Waals surface area contributed by atoms with Crippen LogP contribution in [0.2, 0.25) is 0 Å². The van der Waals surface area contributed by atoms with Gasteiger partial charge < -0.3 is 9.84 Å². The highest BCUT2D eigenvalue weighted by Crippen LogP contribution is 2.27. The quantitative estimate of drug-likeness (QED) is 0.938. The van der Waals surface area contributed by atoms with Gasteiger partial charge in [0, 0.05) is 12.6 Å². The van der Waals surface area contributed by atoms with Crippen LogP contribution in [0.15, 0.2) is 42.1 Å². The van der Waals surface area contributed by atoms with Gasteiger partial charge in [-0.15, -0.1) is 0 Å². The molecule has 0 radical (unpaired) electrons. The summed E-state index contributed by atoms with van der Waals surface area (Å²) >= 11 is 0. The lowest BCUT2D eigenvalue weighted by Crippen LogP contribution is -2.05. The van der Waals surface area contributed by atoms with Crippen LogP contribution in [0.5, 0.6) is 5.75 Å². The van der Waals surface area contributed by atoms with Crippen molar-refractivity contribution in [2.75, 3.05) is 6.61 Å². The number of carbonyl (C=O) groups is 1. The molecule has 1 aromatic carbocycles. The molecule has 2 aromatic rings. The average molecular weight is 285 g/mol. The third-order valence-electron chi connectivity index (χ3n) is 3.30. The number of ether oxygens (including phenoxy) is 1. The maximum atomic E-state index is 12.8. The Morgan fingerprint density at radius 2 is 2.05 bits per heavy atom. The van der Waals surface area contributed by atoms with E-state index in [1.165, 1.54) is 24.4 Å². The number of fused-ring (bicyclic) bond motifs is 1. The van der Waals surface area contributed by atoms with Gasteiger partial charge in [0.1, 0.15) is 18.2 Å². The normalized spacial score (nSPS) is 12.7. The fourth-order valence-corrected chi connectivity index (χ4v) is 2.29. The summed E-state index contributed by atoms with van der Waals surface area (Å²) in [4.78, 5) is 15.3. The van der Waals surface area contributed by atoms with Crippen molar-refractivity contribution >= 4 is 12.0 Å². The van der Waals surface area contributed by atoms with Crippen molar-refractivity contribution in [3.05, 3.63) is 64.7 Å². The first-order chi connectivity index (χ1) is 10.1. The zero-order valence-electron chi connectivity index (χ0n) is 11.0. The molecule has 0 saturated heterocycles. The molecule has 4 nitrogen and oxygen atoms in total. The minimum atomic E-state index is -0.956. The predicted molar refractivity (Wildman–Crippen MR) is 74.8 cm³/mol. The van der Waals surface area contributed by atoms with Gasteiger partial charge in [-0.3, -0.25) is 4.98 Å². The Morgan fingerprint density at radius 1 is 1.29 bits per heavy atom. The first-order valence-corrected chi connectivity index (χ1v) is 6.42. The minimum Gasteiger partial charge on any atom is -0.489 e. The molecule has 0 fully saturated rings. The predicted octanol–water partition coefficient (Wildman–Crippen LogP) is 2.94. The number of carboxylic acids is 1. The lowest BCUT2D eigenvalue weighted by molar-refractivity contribution is 0.0695. The molecule has 3 rings (SSSR count). The summed E-state index contributed by atoms with van der Waals surface area (Å²) in [7, 11) is 0. The molecule has 0 spiro atoms. The number of carboxylic acid groups (broad SMARTS) is 1. The van der Waals surface area contributed by atoms with Gasteiger partial charge in [0.15, 0.2) is 0 Å². The SMILES string of the molecule is O=C(O)c1ccnc2c1CC(COc1ccc(F)cc1)=C2. The average Bonchev–Trinajstić information content (AvgIpc) is 2.89. The van der Waals surface area contributed by atoms with Gasteiger partial charge >= 0.3 is 5.97 Å². The molecule has 1 aromatic heterocycles. The van der Waals surface area contributed by atoms with Gasteiger partial charge in [0.05, 0.1) is 11.3 Å². The third-order valence-corrected chi connectivity index (χ3v) is 3.30. The fraction of sp³-hybridized carbons (Fsp3) is 0.125. The summed E-state index contributed by atoms with van der Waals surface area (Å²) in [6.07, 6.45) is 3.83. The van der Waals surface area contributed by atoms with Gasteiger partial charge in [-0.1, -0.05) is 0 Å². The lowest BCUT2D eigenvalue weighted by atomic mass is 10.1. The summed E-state index contributed by atoms with van der Waals surface area (Å²) in [5.74, 6) is -0.701. The van der Waals surface area contributed by atoms with E-state index in [0.717, 1.165) is 5.57 Å². The highest BCUT2D eigenvalue weighted by molar-refractivity contribution is 5.91. The Balaban J connectivity index is 1.71. The first-order valence-electron chi connectivity index (χ1n) is 6.42. The molecule has 0 amide bonds. The number of halogens is 1. The van der Waals surface area contributed by atoms with Crippen LogP contribution in [0.4, 0.5) is 4.39 Å². The summed E-state index contributed by atoms with van der Waals surface area (Å²) < 4.78 is 18.4. The minimum absolute atomic E-state index is 0.271. The monoisotopic (exact) mass is 285 g/mol. The van der Waals surface area contributed by atoms with E-state index in [4.69, 9.17) is 9.84 Å². The number of hydrogen-bond donors (Lipinski definition) is 1. The van der Waals surface area contributed by atoms with Crippen molar-refractivity contribution < 1.29 is 19.0 Å². The number of aromatic carboxylic acids is 1. The molecule has 5 heteroatoms. The van der Waals surface area contributed by atoms with Crippen molar-refractivity contribution in [1.29, 1.82) is 0 Å². The number of aromatic nitrogens is 1. The maximum absolute atomic E-state index is 12.8. The second-order valence-electron chi connectivity index (χ2n) is 4.75. The molecule has 0 bridgehead atoms. The number of hydrogen-bond acceptors (Lipinski definition) is 3. The molecular formula is C16H12FNO3. The fourth-order valence-electron chi connectivity index (χ4n) is 2.29. The number of nitrogens with zero attached hydrogens (tertiary/aromatic N) is 1. The van der Waals surface area contributed by atoms with Gasteiger partial charge in [0.2, 0.25) is 0 Å². The van der Waals surface area contributed by atoms with Crippen LogP contribution in [0, 0.1) is 5.82 Å². The van der Waals surface area contributed by atoms with Gasteiger partial charge in [-0.05, 0) is 47.5 Å². The van der Waals surface area contributed by atoms with Crippen molar-refractivity contribution in [3.63, 3.8) is 0 Å². The van der Waals surface area contributed by atoms with E-state index in [0.29, 0.717) is 30.0 Å². The molecule has 0 saturated carbocycles. The molecule has 1 N–H and O–H groups in total. The van der Waals surface area contributed by atoms with E-state index in [2.05, 4.69) is 4.98 Å². The van der Waals surface area contributed by atoms with Gasteiger partial charge in [-0.2, -0.15) is 0 Å². The van der Waals surface area contributed by atoms with Crippen molar-refractivity contribution in [2.24, 2.45) is 0 Å². The second-order valence-corrected chi connectivity index (χ2v) is 4.75. The highest BCUT2D eigenvalue weighted by Gasteiger charge is 2.20. The lowest BCUT2D eigenvalue weighted by Gasteiger charge is -2.07. The van der Waals surface area contributed by atoms with Crippen LogP contribution in [-0.2, 0) is 6.42 Å². The molecule has 0 aliphatic heterocycles. The van der Waals surface area contributed by atoms with E-state index >= 15 is 0 Å². The van der Waals surface area contributed by atoms with Crippen molar-refractivity contribution in [2.45, 2.75) is 6.42 Å². The third kappa shape index (κ3) is 2.76. The van der Waals surface area contributed by atoms with E-state index in [1.807, 2.05) is 6.08 Å². The van der Waals surface area contributed by atoms with Crippen LogP contribution >= 0.6 is 0 Å². The van der Waals surface area contributed by atoms with Crippen molar-refractivity contribution in [1.82, 2.24) is 4.98 Å². The van der Waals surface area contributed by atoms with E-state index in [-0.39, 0.29) is 11.4 Å². The smallest absolute Gasteiger partial charge is 0.336 e. The van der Waals surface area contributed by atoms with Crippen LogP contribution in [0.25, 0.3) is 6.08 Å². The summed E-state index contributed by atoms with van der Waals surface area (Å²) in [6, 6.07) is 7.27. The second kappa shape index (κ2) is 5.36. The number of benzene rings is 1. The van der Waals surface area contributed by atoms with Crippen LogP contribution < -0.4 is 4.74 Å². The molecular weight excluding hydrogens is 273 g/mol. The van der Waals surface area contributed by atoms with Crippen LogP contribution in [0.1, 0.15) is 21.6 Å². The Labute approximate surface area is 120 Å². The number of rotatable bonds is 4. The number of pyridine rings is 1. The highest BCUT2D eigenvalue weighted by atomic mass is 19.1. The van der Waals surface area contributed by atoms with Gasteiger partial charge in [0.25, 0.3) is 0 Å². The Bertz CT molecular complexity index is 723. The van der Waals surface area contributed by atoms with Crippen molar-refractivity contribution in [3.8, 4) is 5.75 Å². The topological polar surface area (TPSA) is 59.4 Å². The molecule has 0 atom stereocenters. The molecule has 21 heavy (non-hydrogen) atoms. The Hall–Kier alpha value is -2.69.